The number of rotatable bonds is 5. The van der Waals surface area contributed by atoms with Crippen molar-refractivity contribution >= 4 is 29.4 Å². The molecule has 0 spiro atoms. The number of benzene rings is 1. The maximum absolute atomic E-state index is 13.3. The first kappa shape index (κ1) is 18.8. The van der Waals surface area contributed by atoms with Crippen LogP contribution in [0.4, 0.5) is 4.39 Å². The number of nitrogens with one attached hydrogen (secondary N) is 2. The molecule has 1 saturated carbocycles. The van der Waals surface area contributed by atoms with E-state index in [1.807, 2.05) is 0 Å². The van der Waals surface area contributed by atoms with Crippen LogP contribution in [0.25, 0.3) is 22.4 Å². The molecule has 2 aromatic heterocycles. The van der Waals surface area contributed by atoms with Crippen LogP contribution in [0.5, 0.6) is 0 Å². The summed E-state index contributed by atoms with van der Waals surface area (Å²) in [6.07, 6.45) is 2.10. The van der Waals surface area contributed by atoms with Crippen molar-refractivity contribution in [3.8, 4) is 11.3 Å². The lowest BCUT2D eigenvalue weighted by atomic mass is 10.0. The van der Waals surface area contributed by atoms with Crippen LogP contribution in [0, 0.1) is 11.7 Å². The molecule has 0 radical (unpaired) electrons. The topological polar surface area (TPSA) is 80.0 Å². The lowest BCUT2D eigenvalue weighted by molar-refractivity contribution is 0.0943. The minimum atomic E-state index is -0.317. The molecule has 3 aromatic rings. The van der Waals surface area contributed by atoms with Crippen molar-refractivity contribution in [3.05, 3.63) is 47.4 Å². The second kappa shape index (κ2) is 7.48. The van der Waals surface area contributed by atoms with E-state index in [0.29, 0.717) is 40.7 Å². The second-order valence-electron chi connectivity index (χ2n) is 7.32. The van der Waals surface area contributed by atoms with Gasteiger partial charge >= 0.3 is 0 Å². The van der Waals surface area contributed by atoms with Gasteiger partial charge in [0.15, 0.2) is 0 Å². The average Bonchev–Trinajstić information content (AvgIpc) is 3.39. The van der Waals surface area contributed by atoms with Crippen LogP contribution in [0.3, 0.4) is 0 Å². The highest BCUT2D eigenvalue weighted by Crippen LogP contribution is 2.43. The molecule has 1 saturated heterocycles. The minimum Gasteiger partial charge on any atom is -0.352 e. The van der Waals surface area contributed by atoms with Gasteiger partial charge in [-0.05, 0) is 43.2 Å². The predicted molar refractivity (Wildman–Crippen MR) is 105 cm³/mol. The first-order valence-corrected chi connectivity index (χ1v) is 9.24. The molecule has 0 unspecified atom stereocenters. The third kappa shape index (κ3) is 3.47. The van der Waals surface area contributed by atoms with E-state index in [9.17, 15) is 9.18 Å². The highest BCUT2D eigenvalue weighted by Gasteiger charge is 2.32. The van der Waals surface area contributed by atoms with Gasteiger partial charge in [-0.15, -0.1) is 12.4 Å². The molecule has 1 amide bonds. The predicted octanol–water partition coefficient (Wildman–Crippen LogP) is 3.28. The Kier molecular flexibility index (Phi) is 5.03. The molecule has 2 N–H and O–H groups in total. The zero-order chi connectivity index (χ0) is 18.4. The number of hydrogen-bond donors (Lipinski definition) is 2. The first-order valence-electron chi connectivity index (χ1n) is 9.24. The number of carbonyl (C=O) groups excluding carboxylic acids is 1. The monoisotopic (exact) mass is 402 g/mol. The third-order valence-electron chi connectivity index (χ3n) is 5.24. The van der Waals surface area contributed by atoms with E-state index in [1.165, 1.54) is 12.1 Å². The van der Waals surface area contributed by atoms with E-state index in [-0.39, 0.29) is 24.1 Å². The van der Waals surface area contributed by atoms with Crippen molar-refractivity contribution in [3.63, 3.8) is 0 Å². The number of nitrogens with zero attached hydrogens (tertiary/aromatic N) is 2. The molecule has 28 heavy (non-hydrogen) atoms. The smallest absolute Gasteiger partial charge is 0.259 e. The Morgan fingerprint density at radius 3 is 2.64 bits per heavy atom. The summed E-state index contributed by atoms with van der Waals surface area (Å²) in [7, 11) is 0. The van der Waals surface area contributed by atoms with E-state index in [4.69, 9.17) is 4.52 Å². The Balaban J connectivity index is 0.00000192. The SMILES string of the molecule is Cl.O=C(NCC1CNC1)c1cc(-c2ccc(F)cc2)nc2onc(C3CC3)c12. The van der Waals surface area contributed by atoms with Crippen molar-refractivity contribution in [2.75, 3.05) is 19.6 Å². The van der Waals surface area contributed by atoms with E-state index in [2.05, 4.69) is 20.8 Å². The molecule has 5 rings (SSSR count). The summed E-state index contributed by atoms with van der Waals surface area (Å²) in [5, 5.41) is 11.1. The van der Waals surface area contributed by atoms with Gasteiger partial charge in [-0.2, -0.15) is 0 Å². The lowest BCUT2D eigenvalue weighted by Crippen LogP contribution is -2.48. The normalized spacial score (nSPS) is 16.5. The number of halogens is 2. The minimum absolute atomic E-state index is 0. The van der Waals surface area contributed by atoms with Crippen molar-refractivity contribution in [2.45, 2.75) is 18.8 Å². The van der Waals surface area contributed by atoms with Crippen LogP contribution in [-0.4, -0.2) is 35.7 Å². The maximum Gasteiger partial charge on any atom is 0.259 e. The van der Waals surface area contributed by atoms with Gasteiger partial charge in [-0.1, -0.05) is 5.16 Å². The maximum atomic E-state index is 13.3. The third-order valence-corrected chi connectivity index (χ3v) is 5.24. The number of carbonyl (C=O) groups is 1. The molecular formula is C20H20ClFN4O2. The summed E-state index contributed by atoms with van der Waals surface area (Å²) < 4.78 is 18.7. The molecule has 146 valence electrons. The number of amides is 1. The Morgan fingerprint density at radius 2 is 2.00 bits per heavy atom. The fraction of sp³-hybridized carbons (Fsp3) is 0.350. The fourth-order valence-electron chi connectivity index (χ4n) is 3.38. The van der Waals surface area contributed by atoms with Gasteiger partial charge in [0.2, 0.25) is 0 Å². The highest BCUT2D eigenvalue weighted by molar-refractivity contribution is 6.07. The van der Waals surface area contributed by atoms with Gasteiger partial charge in [0.25, 0.3) is 11.6 Å². The van der Waals surface area contributed by atoms with Gasteiger partial charge in [0, 0.05) is 37.0 Å². The van der Waals surface area contributed by atoms with Crippen molar-refractivity contribution in [1.29, 1.82) is 0 Å². The molecular weight excluding hydrogens is 383 g/mol. The molecule has 6 nitrogen and oxygen atoms in total. The Labute approximate surface area is 167 Å². The largest absolute Gasteiger partial charge is 0.352 e. The summed E-state index contributed by atoms with van der Waals surface area (Å²) in [6, 6.07) is 7.79. The molecule has 8 heteroatoms. The lowest BCUT2D eigenvalue weighted by Gasteiger charge is -2.27. The van der Waals surface area contributed by atoms with E-state index < -0.39 is 0 Å². The molecule has 1 aromatic carbocycles. The molecule has 1 aliphatic heterocycles. The van der Waals surface area contributed by atoms with Gasteiger partial charge in [-0.3, -0.25) is 4.79 Å². The van der Waals surface area contributed by atoms with Crippen LogP contribution < -0.4 is 10.6 Å². The summed E-state index contributed by atoms with van der Waals surface area (Å²) in [5.41, 5.74) is 2.99. The number of fused-ring (bicyclic) bond motifs is 1. The van der Waals surface area contributed by atoms with E-state index >= 15 is 0 Å². The average molecular weight is 403 g/mol. The highest BCUT2D eigenvalue weighted by atomic mass is 35.5. The Morgan fingerprint density at radius 1 is 1.25 bits per heavy atom. The second-order valence-corrected chi connectivity index (χ2v) is 7.32. The van der Waals surface area contributed by atoms with Crippen molar-refractivity contribution < 1.29 is 13.7 Å². The van der Waals surface area contributed by atoms with Gasteiger partial charge in [0.1, 0.15) is 5.82 Å². The van der Waals surface area contributed by atoms with E-state index in [0.717, 1.165) is 37.2 Å². The van der Waals surface area contributed by atoms with Gasteiger partial charge in [-0.25, -0.2) is 9.37 Å². The fourth-order valence-corrected chi connectivity index (χ4v) is 3.38. The molecule has 0 bridgehead atoms. The zero-order valence-electron chi connectivity index (χ0n) is 15.1. The molecule has 2 fully saturated rings. The van der Waals surface area contributed by atoms with Crippen LogP contribution in [-0.2, 0) is 0 Å². The number of pyridine rings is 1. The molecule has 1 aliphatic carbocycles. The van der Waals surface area contributed by atoms with Crippen LogP contribution in [0.15, 0.2) is 34.9 Å². The van der Waals surface area contributed by atoms with Gasteiger partial charge in [0.05, 0.1) is 22.3 Å². The number of hydrogen-bond acceptors (Lipinski definition) is 5. The summed E-state index contributed by atoms with van der Waals surface area (Å²) in [6.45, 7) is 2.48. The molecule has 3 heterocycles. The summed E-state index contributed by atoms with van der Waals surface area (Å²) in [5.74, 6) is 0.339. The standard InChI is InChI=1S/C20H19FN4O2.ClH/c21-14-5-3-12(4-6-14)16-7-15(19(26)23-10-11-8-22-9-11)17-18(13-1-2-13)25-27-20(17)24-16;/h3-7,11,13,22H,1-2,8-10H2,(H,23,26);1H. The Hall–Kier alpha value is -2.51. The zero-order valence-corrected chi connectivity index (χ0v) is 15.9. The van der Waals surface area contributed by atoms with Gasteiger partial charge < -0.3 is 15.2 Å². The molecule has 2 aliphatic rings. The first-order chi connectivity index (χ1) is 13.2. The van der Waals surface area contributed by atoms with Crippen LogP contribution in [0.2, 0.25) is 0 Å². The van der Waals surface area contributed by atoms with Crippen LogP contribution >= 0.6 is 12.4 Å². The van der Waals surface area contributed by atoms with Crippen molar-refractivity contribution in [1.82, 2.24) is 20.8 Å². The molecule has 0 atom stereocenters. The summed E-state index contributed by atoms with van der Waals surface area (Å²) >= 11 is 0. The van der Waals surface area contributed by atoms with Crippen LogP contribution in [0.1, 0.15) is 34.8 Å². The van der Waals surface area contributed by atoms with Crippen molar-refractivity contribution in [2.24, 2.45) is 5.92 Å². The quantitative estimate of drug-likeness (QED) is 0.684. The van der Waals surface area contributed by atoms with E-state index in [1.54, 1.807) is 18.2 Å². The summed E-state index contributed by atoms with van der Waals surface area (Å²) in [4.78, 5) is 17.5. The number of aromatic nitrogens is 2. The Bertz CT molecular complexity index is 1010.